The zero-order valence-electron chi connectivity index (χ0n) is 9.04. The summed E-state index contributed by atoms with van der Waals surface area (Å²) in [5.41, 5.74) is 0.645. The molecular weight excluding hydrogens is 231 g/mol. The molecule has 2 nitrogen and oxygen atoms in total. The lowest BCUT2D eigenvalue weighted by Gasteiger charge is -2.03. The smallest absolute Gasteiger partial charge is 0.331 e. The van der Waals surface area contributed by atoms with E-state index in [1.165, 1.54) is 30.4 Å². The molecule has 0 aromatic heterocycles. The van der Waals surface area contributed by atoms with E-state index in [1.807, 2.05) is 0 Å². The molecule has 0 amide bonds. The number of ether oxygens (including phenoxy) is 1. The molecule has 16 heavy (non-hydrogen) atoms. The summed E-state index contributed by atoms with van der Waals surface area (Å²) >= 11 is 5.59. The van der Waals surface area contributed by atoms with E-state index < -0.39 is 11.8 Å². The lowest BCUT2D eigenvalue weighted by Crippen LogP contribution is -2.08. The van der Waals surface area contributed by atoms with E-state index in [2.05, 4.69) is 0 Å². The molecular formula is C12H12ClFO2. The molecule has 1 rings (SSSR count). The number of carbonyl (C=O) groups excluding carboxylic acids is 1. The molecule has 4 heteroatoms. The van der Waals surface area contributed by atoms with Crippen molar-refractivity contribution >= 4 is 23.6 Å². The van der Waals surface area contributed by atoms with Crippen LogP contribution in [0.15, 0.2) is 24.3 Å². The van der Waals surface area contributed by atoms with Gasteiger partial charge < -0.3 is 4.74 Å². The second kappa shape index (κ2) is 5.66. The average molecular weight is 243 g/mol. The fourth-order valence-corrected chi connectivity index (χ4v) is 1.24. The van der Waals surface area contributed by atoms with Crippen LogP contribution in [0.25, 0.3) is 6.08 Å². The van der Waals surface area contributed by atoms with Crippen LogP contribution in [0.3, 0.4) is 0 Å². The fraction of sp³-hybridized carbons (Fsp3) is 0.250. The summed E-state index contributed by atoms with van der Waals surface area (Å²) in [6.07, 6.45) is 2.65. The third kappa shape index (κ3) is 4.03. The Morgan fingerprint density at radius 3 is 2.75 bits per heavy atom. The Bertz CT molecular complexity index is 413. The summed E-state index contributed by atoms with van der Waals surface area (Å²) in [6.45, 7) is 3.53. The van der Waals surface area contributed by atoms with Gasteiger partial charge in [0, 0.05) is 6.08 Å². The molecule has 86 valence electrons. The first-order chi connectivity index (χ1) is 7.49. The summed E-state index contributed by atoms with van der Waals surface area (Å²) in [4.78, 5) is 11.2. The second-order valence-electron chi connectivity index (χ2n) is 3.49. The average Bonchev–Trinajstić information content (AvgIpc) is 2.19. The largest absolute Gasteiger partial charge is 0.460 e. The number of halogens is 2. The number of hydrogen-bond donors (Lipinski definition) is 0. The third-order valence-corrected chi connectivity index (χ3v) is 2.00. The van der Waals surface area contributed by atoms with Crippen LogP contribution < -0.4 is 0 Å². The van der Waals surface area contributed by atoms with Crippen molar-refractivity contribution in [3.8, 4) is 0 Å². The molecule has 0 saturated carbocycles. The molecule has 0 heterocycles. The lowest BCUT2D eigenvalue weighted by molar-refractivity contribution is -0.141. The predicted octanol–water partition coefficient (Wildman–Crippen LogP) is 3.44. The first-order valence-corrected chi connectivity index (χ1v) is 5.20. The number of hydrogen-bond acceptors (Lipinski definition) is 2. The van der Waals surface area contributed by atoms with Crippen molar-refractivity contribution in [1.29, 1.82) is 0 Å². The Kier molecular flexibility index (Phi) is 4.50. The van der Waals surface area contributed by atoms with Gasteiger partial charge in [0.05, 0.1) is 11.1 Å². The molecule has 0 unspecified atom stereocenters. The molecule has 1 aromatic carbocycles. The molecule has 0 aliphatic carbocycles. The van der Waals surface area contributed by atoms with Gasteiger partial charge in [0.25, 0.3) is 0 Å². The van der Waals surface area contributed by atoms with Crippen molar-refractivity contribution in [3.63, 3.8) is 0 Å². The Morgan fingerprint density at radius 1 is 1.50 bits per heavy atom. The van der Waals surface area contributed by atoms with Gasteiger partial charge in [0.1, 0.15) is 5.82 Å². The van der Waals surface area contributed by atoms with Gasteiger partial charge in [-0.25, -0.2) is 9.18 Å². The normalized spacial score (nSPS) is 11.1. The van der Waals surface area contributed by atoms with Gasteiger partial charge in [-0.2, -0.15) is 0 Å². The van der Waals surface area contributed by atoms with Crippen LogP contribution in [0.1, 0.15) is 19.4 Å². The number of carbonyl (C=O) groups is 1. The van der Waals surface area contributed by atoms with E-state index in [4.69, 9.17) is 16.3 Å². The second-order valence-corrected chi connectivity index (χ2v) is 3.90. The summed E-state index contributed by atoms with van der Waals surface area (Å²) in [5, 5.41) is 0.0272. The fourth-order valence-electron chi connectivity index (χ4n) is 1.05. The zero-order valence-corrected chi connectivity index (χ0v) is 9.79. The van der Waals surface area contributed by atoms with Crippen LogP contribution in [-0.4, -0.2) is 12.1 Å². The van der Waals surface area contributed by atoms with Crippen molar-refractivity contribution < 1.29 is 13.9 Å². The van der Waals surface area contributed by atoms with Crippen LogP contribution >= 0.6 is 11.6 Å². The standard InChI is InChI=1S/C12H12ClFO2/c1-8(2)16-12(15)6-4-9-3-5-11(14)10(13)7-9/h3-8H,1-2H3. The van der Waals surface area contributed by atoms with Crippen LogP contribution in [-0.2, 0) is 9.53 Å². The minimum atomic E-state index is -0.483. The quantitative estimate of drug-likeness (QED) is 0.600. The molecule has 0 aliphatic rings. The number of benzene rings is 1. The summed E-state index contributed by atoms with van der Waals surface area (Å²) < 4.78 is 17.7. The Hall–Kier alpha value is -1.35. The third-order valence-electron chi connectivity index (χ3n) is 1.71. The van der Waals surface area contributed by atoms with Crippen molar-refractivity contribution in [1.82, 2.24) is 0 Å². The minimum absolute atomic E-state index is 0.0272. The molecule has 0 N–H and O–H groups in total. The van der Waals surface area contributed by atoms with Crippen LogP contribution in [0.2, 0.25) is 5.02 Å². The highest BCUT2D eigenvalue weighted by Gasteiger charge is 2.01. The van der Waals surface area contributed by atoms with E-state index >= 15 is 0 Å². The van der Waals surface area contributed by atoms with E-state index in [1.54, 1.807) is 13.8 Å². The highest BCUT2D eigenvalue weighted by molar-refractivity contribution is 6.30. The van der Waals surface area contributed by atoms with E-state index in [0.717, 1.165) is 0 Å². The van der Waals surface area contributed by atoms with Crippen molar-refractivity contribution in [2.45, 2.75) is 20.0 Å². The molecule has 0 spiro atoms. The Morgan fingerprint density at radius 2 is 2.19 bits per heavy atom. The van der Waals surface area contributed by atoms with Gasteiger partial charge in [-0.1, -0.05) is 17.7 Å². The van der Waals surface area contributed by atoms with Crippen molar-refractivity contribution in [2.75, 3.05) is 0 Å². The first kappa shape index (κ1) is 12.7. The van der Waals surface area contributed by atoms with Gasteiger partial charge in [0.2, 0.25) is 0 Å². The Balaban J connectivity index is 2.69. The minimum Gasteiger partial charge on any atom is -0.460 e. The van der Waals surface area contributed by atoms with Gasteiger partial charge in [-0.05, 0) is 37.6 Å². The monoisotopic (exact) mass is 242 g/mol. The molecule has 0 atom stereocenters. The molecule has 0 aliphatic heterocycles. The molecule has 0 fully saturated rings. The van der Waals surface area contributed by atoms with E-state index in [0.29, 0.717) is 5.56 Å². The Labute approximate surface area is 98.7 Å². The lowest BCUT2D eigenvalue weighted by atomic mass is 10.2. The van der Waals surface area contributed by atoms with Crippen LogP contribution in [0, 0.1) is 5.82 Å². The summed E-state index contributed by atoms with van der Waals surface area (Å²) in [5.74, 6) is -0.918. The highest BCUT2D eigenvalue weighted by atomic mass is 35.5. The summed E-state index contributed by atoms with van der Waals surface area (Å²) in [6, 6.07) is 4.21. The van der Waals surface area contributed by atoms with Crippen molar-refractivity contribution in [3.05, 3.63) is 40.7 Å². The summed E-state index contributed by atoms with van der Waals surface area (Å²) in [7, 11) is 0. The van der Waals surface area contributed by atoms with Gasteiger partial charge in [-0.3, -0.25) is 0 Å². The highest BCUT2D eigenvalue weighted by Crippen LogP contribution is 2.16. The molecule has 0 radical (unpaired) electrons. The van der Waals surface area contributed by atoms with Crippen LogP contribution in [0.5, 0.6) is 0 Å². The zero-order chi connectivity index (χ0) is 12.1. The molecule has 1 aromatic rings. The van der Waals surface area contributed by atoms with Crippen LogP contribution in [0.4, 0.5) is 4.39 Å². The van der Waals surface area contributed by atoms with Gasteiger partial charge >= 0.3 is 5.97 Å². The van der Waals surface area contributed by atoms with Gasteiger partial charge in [0.15, 0.2) is 0 Å². The topological polar surface area (TPSA) is 26.3 Å². The van der Waals surface area contributed by atoms with Gasteiger partial charge in [-0.15, -0.1) is 0 Å². The maximum Gasteiger partial charge on any atom is 0.331 e. The first-order valence-electron chi connectivity index (χ1n) is 4.83. The van der Waals surface area contributed by atoms with Crippen molar-refractivity contribution in [2.24, 2.45) is 0 Å². The number of rotatable bonds is 3. The number of esters is 1. The molecule has 0 bridgehead atoms. The van der Waals surface area contributed by atoms with E-state index in [9.17, 15) is 9.18 Å². The molecule has 0 saturated heterocycles. The maximum atomic E-state index is 12.8. The maximum absolute atomic E-state index is 12.8. The SMILES string of the molecule is CC(C)OC(=O)C=Cc1ccc(F)c(Cl)c1. The predicted molar refractivity (Wildman–Crippen MR) is 61.7 cm³/mol. The van der Waals surface area contributed by atoms with E-state index in [-0.39, 0.29) is 11.1 Å².